The number of urea groups is 1. The molecule has 0 radical (unpaired) electrons. The fourth-order valence-corrected chi connectivity index (χ4v) is 3.70. The minimum absolute atomic E-state index is 0.0377. The van der Waals surface area contributed by atoms with Crippen molar-refractivity contribution in [1.29, 1.82) is 0 Å². The maximum absolute atomic E-state index is 12.7. The summed E-state index contributed by atoms with van der Waals surface area (Å²) in [6, 6.07) is 7.80. The van der Waals surface area contributed by atoms with Crippen LogP contribution in [-0.2, 0) is 6.54 Å². The SMILES string of the molecule is Cc1cc(Cl)cc(C)c1NC(=O)N1CCCN(Cc2ccncc2)CC1. The van der Waals surface area contributed by atoms with Gasteiger partial charge in [0.05, 0.1) is 0 Å². The Labute approximate surface area is 160 Å². The second-order valence-electron chi connectivity index (χ2n) is 6.82. The van der Waals surface area contributed by atoms with Crippen molar-refractivity contribution < 1.29 is 4.79 Å². The van der Waals surface area contributed by atoms with E-state index in [1.807, 2.05) is 55.4 Å². The highest BCUT2D eigenvalue weighted by Crippen LogP contribution is 2.25. The molecular formula is C20H25ClN4O. The Morgan fingerprint density at radius 3 is 2.50 bits per heavy atom. The number of nitrogens with one attached hydrogen (secondary N) is 1. The van der Waals surface area contributed by atoms with E-state index in [9.17, 15) is 4.79 Å². The van der Waals surface area contributed by atoms with Crippen molar-refractivity contribution in [1.82, 2.24) is 14.8 Å². The highest BCUT2D eigenvalue weighted by atomic mass is 35.5. The number of nitrogens with zero attached hydrogens (tertiary/aromatic N) is 3. The molecule has 1 aliphatic heterocycles. The quantitative estimate of drug-likeness (QED) is 0.882. The predicted octanol–water partition coefficient (Wildman–Crippen LogP) is 4.09. The molecule has 1 saturated heterocycles. The van der Waals surface area contributed by atoms with Crippen molar-refractivity contribution in [3.63, 3.8) is 0 Å². The van der Waals surface area contributed by atoms with Gasteiger partial charge in [0.1, 0.15) is 0 Å². The monoisotopic (exact) mass is 372 g/mol. The largest absolute Gasteiger partial charge is 0.323 e. The van der Waals surface area contributed by atoms with Crippen LogP contribution in [0.3, 0.4) is 0 Å². The smallest absolute Gasteiger partial charge is 0.321 e. The maximum atomic E-state index is 12.7. The van der Waals surface area contributed by atoms with Crippen LogP contribution in [0.25, 0.3) is 0 Å². The lowest BCUT2D eigenvalue weighted by atomic mass is 10.1. The van der Waals surface area contributed by atoms with Crippen molar-refractivity contribution in [2.75, 3.05) is 31.5 Å². The van der Waals surface area contributed by atoms with Gasteiger partial charge in [0.2, 0.25) is 0 Å². The van der Waals surface area contributed by atoms with Gasteiger partial charge in [-0.05, 0) is 61.2 Å². The van der Waals surface area contributed by atoms with Gasteiger partial charge in [-0.25, -0.2) is 4.79 Å². The van der Waals surface area contributed by atoms with Crippen LogP contribution in [0.4, 0.5) is 10.5 Å². The zero-order valence-corrected chi connectivity index (χ0v) is 16.1. The van der Waals surface area contributed by atoms with E-state index in [1.165, 1.54) is 5.56 Å². The van der Waals surface area contributed by atoms with Crippen molar-refractivity contribution in [2.24, 2.45) is 0 Å². The molecule has 0 bridgehead atoms. The molecule has 1 aromatic heterocycles. The van der Waals surface area contributed by atoms with E-state index in [0.717, 1.165) is 56.0 Å². The second kappa shape index (κ2) is 8.52. The topological polar surface area (TPSA) is 48.5 Å². The minimum atomic E-state index is -0.0377. The van der Waals surface area contributed by atoms with Crippen LogP contribution in [0.5, 0.6) is 0 Å². The van der Waals surface area contributed by atoms with Gasteiger partial charge >= 0.3 is 6.03 Å². The van der Waals surface area contributed by atoms with Gasteiger partial charge in [-0.1, -0.05) is 11.6 Å². The van der Waals surface area contributed by atoms with Crippen LogP contribution in [-0.4, -0.2) is 47.0 Å². The number of pyridine rings is 1. The van der Waals surface area contributed by atoms with E-state index in [2.05, 4.69) is 15.2 Å². The third kappa shape index (κ3) is 4.74. The lowest BCUT2D eigenvalue weighted by Crippen LogP contribution is -2.38. The first kappa shape index (κ1) is 18.7. The number of amides is 2. The summed E-state index contributed by atoms with van der Waals surface area (Å²) in [6.45, 7) is 8.18. The molecule has 138 valence electrons. The number of carbonyl (C=O) groups is 1. The number of hydrogen-bond acceptors (Lipinski definition) is 3. The molecule has 1 aliphatic rings. The fourth-order valence-electron chi connectivity index (χ4n) is 3.37. The van der Waals surface area contributed by atoms with Gasteiger partial charge in [0, 0.05) is 55.8 Å². The van der Waals surface area contributed by atoms with Crippen LogP contribution in [0.2, 0.25) is 5.02 Å². The summed E-state index contributed by atoms with van der Waals surface area (Å²) in [5.74, 6) is 0. The van der Waals surface area contributed by atoms with Crippen LogP contribution >= 0.6 is 11.6 Å². The first-order valence-corrected chi connectivity index (χ1v) is 9.34. The second-order valence-corrected chi connectivity index (χ2v) is 7.25. The summed E-state index contributed by atoms with van der Waals surface area (Å²) in [4.78, 5) is 21.1. The molecule has 0 spiro atoms. The molecule has 0 saturated carbocycles. The lowest BCUT2D eigenvalue weighted by Gasteiger charge is -2.23. The van der Waals surface area contributed by atoms with Crippen LogP contribution < -0.4 is 5.32 Å². The van der Waals surface area contributed by atoms with Gasteiger partial charge in [-0.3, -0.25) is 9.88 Å². The Bertz CT molecular complexity index is 743. The zero-order valence-electron chi connectivity index (χ0n) is 15.3. The number of aromatic nitrogens is 1. The Morgan fingerprint density at radius 2 is 1.81 bits per heavy atom. The van der Waals surface area contributed by atoms with Gasteiger partial charge in [0.25, 0.3) is 0 Å². The summed E-state index contributed by atoms with van der Waals surface area (Å²) < 4.78 is 0. The number of benzene rings is 1. The van der Waals surface area contributed by atoms with Crippen LogP contribution in [0.15, 0.2) is 36.7 Å². The number of rotatable bonds is 3. The zero-order chi connectivity index (χ0) is 18.5. The minimum Gasteiger partial charge on any atom is -0.323 e. The third-order valence-electron chi connectivity index (χ3n) is 4.76. The Hall–Kier alpha value is -2.11. The average molecular weight is 373 g/mol. The predicted molar refractivity (Wildman–Crippen MR) is 106 cm³/mol. The summed E-state index contributed by atoms with van der Waals surface area (Å²) in [6.07, 6.45) is 4.62. The first-order chi connectivity index (χ1) is 12.5. The molecule has 1 aromatic carbocycles. The summed E-state index contributed by atoms with van der Waals surface area (Å²) in [5.41, 5.74) is 4.08. The molecule has 6 heteroatoms. The molecule has 1 N–H and O–H groups in total. The molecule has 0 atom stereocenters. The van der Waals surface area contributed by atoms with E-state index >= 15 is 0 Å². The van der Waals surface area contributed by atoms with Gasteiger partial charge < -0.3 is 10.2 Å². The molecule has 3 rings (SSSR count). The first-order valence-electron chi connectivity index (χ1n) is 8.97. The average Bonchev–Trinajstić information content (AvgIpc) is 2.84. The number of anilines is 1. The van der Waals surface area contributed by atoms with E-state index in [1.54, 1.807) is 0 Å². The van der Waals surface area contributed by atoms with Gasteiger partial charge in [-0.2, -0.15) is 0 Å². The molecular weight excluding hydrogens is 348 g/mol. The Balaban J connectivity index is 1.59. The fraction of sp³-hybridized carbons (Fsp3) is 0.400. The van der Waals surface area contributed by atoms with E-state index in [4.69, 9.17) is 11.6 Å². The number of carbonyl (C=O) groups excluding carboxylic acids is 1. The van der Waals surface area contributed by atoms with Crippen molar-refractivity contribution in [3.05, 3.63) is 58.4 Å². The van der Waals surface area contributed by atoms with Crippen molar-refractivity contribution in [3.8, 4) is 0 Å². The number of halogens is 1. The molecule has 0 unspecified atom stereocenters. The Kier molecular flexibility index (Phi) is 6.12. The van der Waals surface area contributed by atoms with Crippen molar-refractivity contribution in [2.45, 2.75) is 26.8 Å². The van der Waals surface area contributed by atoms with Gasteiger partial charge in [-0.15, -0.1) is 0 Å². The highest BCUT2D eigenvalue weighted by molar-refractivity contribution is 6.30. The highest BCUT2D eigenvalue weighted by Gasteiger charge is 2.20. The van der Waals surface area contributed by atoms with Crippen LogP contribution in [0.1, 0.15) is 23.1 Å². The molecule has 5 nitrogen and oxygen atoms in total. The normalized spacial score (nSPS) is 15.6. The standard InChI is InChI=1S/C20H25ClN4O/c1-15-12-18(21)13-16(2)19(15)23-20(26)25-9-3-8-24(10-11-25)14-17-4-6-22-7-5-17/h4-7,12-13H,3,8-11,14H2,1-2H3,(H,23,26). The molecule has 26 heavy (non-hydrogen) atoms. The lowest BCUT2D eigenvalue weighted by molar-refractivity contribution is 0.211. The Morgan fingerprint density at radius 1 is 1.12 bits per heavy atom. The van der Waals surface area contributed by atoms with E-state index in [0.29, 0.717) is 5.02 Å². The third-order valence-corrected chi connectivity index (χ3v) is 4.98. The molecule has 0 aliphatic carbocycles. The molecule has 2 heterocycles. The molecule has 1 fully saturated rings. The summed E-state index contributed by atoms with van der Waals surface area (Å²) in [5, 5.41) is 3.76. The molecule has 2 amide bonds. The van der Waals surface area contributed by atoms with Crippen molar-refractivity contribution >= 4 is 23.3 Å². The maximum Gasteiger partial charge on any atom is 0.321 e. The van der Waals surface area contributed by atoms with Crippen LogP contribution in [0, 0.1) is 13.8 Å². The number of hydrogen-bond donors (Lipinski definition) is 1. The summed E-state index contributed by atoms with van der Waals surface area (Å²) >= 11 is 6.08. The van der Waals surface area contributed by atoms with E-state index < -0.39 is 0 Å². The summed E-state index contributed by atoms with van der Waals surface area (Å²) in [7, 11) is 0. The molecule has 2 aromatic rings. The van der Waals surface area contributed by atoms with E-state index in [-0.39, 0.29) is 6.03 Å². The van der Waals surface area contributed by atoms with Gasteiger partial charge in [0.15, 0.2) is 0 Å². The number of aryl methyl sites for hydroxylation is 2.